The highest BCUT2D eigenvalue weighted by Gasteiger charge is 2.34. The van der Waals surface area contributed by atoms with Gasteiger partial charge in [-0.05, 0) is 31.2 Å². The van der Waals surface area contributed by atoms with E-state index in [9.17, 15) is 4.79 Å². The van der Waals surface area contributed by atoms with E-state index in [1.54, 1.807) is 11.0 Å². The number of hydrogen-bond acceptors (Lipinski definition) is 5. The van der Waals surface area contributed by atoms with Crippen molar-refractivity contribution in [2.24, 2.45) is 0 Å². The molecule has 3 heterocycles. The van der Waals surface area contributed by atoms with Crippen molar-refractivity contribution in [3.8, 4) is 0 Å². The lowest BCUT2D eigenvalue weighted by Gasteiger charge is -2.37. The number of likely N-dealkylation sites (tertiary alicyclic amines) is 1. The van der Waals surface area contributed by atoms with Crippen LogP contribution in [0.15, 0.2) is 23.0 Å². The Morgan fingerprint density at radius 2 is 2.00 bits per heavy atom. The molecule has 0 unspecified atom stereocenters. The highest BCUT2D eigenvalue weighted by molar-refractivity contribution is 5.88. The average molecular weight is 299 g/mol. The average Bonchev–Trinajstić information content (AvgIpc) is 3.22. The van der Waals surface area contributed by atoms with Crippen LogP contribution in [0.3, 0.4) is 0 Å². The van der Waals surface area contributed by atoms with Gasteiger partial charge < -0.3 is 9.42 Å². The Bertz CT molecular complexity index is 686. The second-order valence-electron chi connectivity index (χ2n) is 6.01. The number of anilines is 1. The van der Waals surface area contributed by atoms with E-state index < -0.39 is 0 Å². The molecule has 1 saturated heterocycles. The molecule has 7 heteroatoms. The zero-order chi connectivity index (χ0) is 15.1. The lowest BCUT2D eigenvalue weighted by molar-refractivity contribution is 0.160. The van der Waals surface area contributed by atoms with Crippen LogP contribution in [-0.4, -0.2) is 39.1 Å². The molecule has 2 fully saturated rings. The minimum absolute atomic E-state index is 0.179. The van der Waals surface area contributed by atoms with E-state index in [0.29, 0.717) is 24.9 Å². The molecule has 22 heavy (non-hydrogen) atoms. The van der Waals surface area contributed by atoms with Crippen molar-refractivity contribution >= 4 is 11.9 Å². The molecule has 4 rings (SSSR count). The molecule has 2 aliphatic rings. The summed E-state index contributed by atoms with van der Waals surface area (Å²) in [4.78, 5) is 22.6. The molecule has 0 bridgehead atoms. The monoisotopic (exact) mass is 299 g/mol. The van der Waals surface area contributed by atoms with Gasteiger partial charge in [-0.25, -0.2) is 14.8 Å². The van der Waals surface area contributed by atoms with Crippen molar-refractivity contribution in [3.05, 3.63) is 35.5 Å². The van der Waals surface area contributed by atoms with E-state index in [1.165, 1.54) is 18.4 Å². The number of hydrogen-bond donors (Lipinski definition) is 1. The first-order valence-corrected chi connectivity index (χ1v) is 7.50. The van der Waals surface area contributed by atoms with Crippen LogP contribution in [0.1, 0.15) is 41.8 Å². The van der Waals surface area contributed by atoms with Crippen LogP contribution < -0.4 is 5.32 Å². The fraction of sp³-hybridized carbons (Fsp3) is 0.467. The van der Waals surface area contributed by atoms with E-state index in [2.05, 4.69) is 20.4 Å². The van der Waals surface area contributed by atoms with Gasteiger partial charge in [0.05, 0.1) is 11.6 Å². The zero-order valence-electron chi connectivity index (χ0n) is 12.3. The Hall–Kier alpha value is -2.44. The summed E-state index contributed by atoms with van der Waals surface area (Å²) in [5.41, 5.74) is 1.97. The molecule has 0 radical (unpaired) electrons. The van der Waals surface area contributed by atoms with Gasteiger partial charge >= 0.3 is 6.03 Å². The molecule has 2 aromatic heterocycles. The normalized spacial score (nSPS) is 18.1. The Morgan fingerprint density at radius 1 is 1.27 bits per heavy atom. The quantitative estimate of drug-likeness (QED) is 0.940. The van der Waals surface area contributed by atoms with Crippen molar-refractivity contribution in [1.29, 1.82) is 0 Å². The van der Waals surface area contributed by atoms with Gasteiger partial charge in [-0.15, -0.1) is 0 Å². The van der Waals surface area contributed by atoms with Crippen LogP contribution in [0, 0.1) is 6.92 Å². The number of aromatic nitrogens is 3. The van der Waals surface area contributed by atoms with Gasteiger partial charge in [0.2, 0.25) is 5.88 Å². The number of rotatable bonds is 3. The Labute approximate surface area is 127 Å². The summed E-state index contributed by atoms with van der Waals surface area (Å²) in [6.45, 7) is 3.06. The van der Waals surface area contributed by atoms with E-state index >= 15 is 0 Å². The largest absolute Gasteiger partial charge is 0.338 e. The lowest BCUT2D eigenvalue weighted by Crippen LogP contribution is -2.50. The number of nitrogens with one attached hydrogen (secondary N) is 1. The van der Waals surface area contributed by atoms with Crippen LogP contribution in [0.2, 0.25) is 0 Å². The van der Waals surface area contributed by atoms with Crippen molar-refractivity contribution in [2.75, 3.05) is 18.4 Å². The first-order valence-electron chi connectivity index (χ1n) is 7.50. The molecular weight excluding hydrogens is 282 g/mol. The van der Waals surface area contributed by atoms with Gasteiger partial charge in [-0.3, -0.25) is 5.32 Å². The molecule has 0 spiro atoms. The zero-order valence-corrected chi connectivity index (χ0v) is 12.3. The summed E-state index contributed by atoms with van der Waals surface area (Å²) < 4.78 is 4.97. The molecule has 7 nitrogen and oxygen atoms in total. The van der Waals surface area contributed by atoms with Gasteiger partial charge in [-0.2, -0.15) is 0 Å². The maximum atomic E-state index is 12.0. The molecule has 1 saturated carbocycles. The van der Waals surface area contributed by atoms with Gasteiger partial charge in [0, 0.05) is 31.5 Å². The van der Waals surface area contributed by atoms with Gasteiger partial charge in [-0.1, -0.05) is 5.16 Å². The van der Waals surface area contributed by atoms with E-state index in [4.69, 9.17) is 4.52 Å². The Balaban J connectivity index is 1.32. The smallest absolute Gasteiger partial charge is 0.324 e. The standard InChI is InChI=1S/C15H17N5O2/c1-9-4-13(22-19-9)18-15(21)20-7-12(8-20)14-16-5-11(6-17-14)10-2-3-10/h4-6,10,12H,2-3,7-8H2,1H3,(H,18,21). The van der Waals surface area contributed by atoms with Crippen LogP contribution >= 0.6 is 0 Å². The summed E-state index contributed by atoms with van der Waals surface area (Å²) in [6, 6.07) is 1.51. The topological polar surface area (TPSA) is 84.2 Å². The van der Waals surface area contributed by atoms with Crippen LogP contribution in [0.25, 0.3) is 0 Å². The second kappa shape index (κ2) is 5.08. The van der Waals surface area contributed by atoms with Crippen molar-refractivity contribution in [2.45, 2.75) is 31.6 Å². The van der Waals surface area contributed by atoms with Gasteiger partial charge in [0.15, 0.2) is 0 Å². The third-order valence-electron chi connectivity index (χ3n) is 4.13. The Kier molecular flexibility index (Phi) is 3.06. The predicted octanol–water partition coefficient (Wildman–Crippen LogP) is 2.28. The maximum absolute atomic E-state index is 12.0. The van der Waals surface area contributed by atoms with Crippen LogP contribution in [0.4, 0.5) is 10.7 Å². The summed E-state index contributed by atoms with van der Waals surface area (Å²) >= 11 is 0. The molecule has 0 atom stereocenters. The number of urea groups is 1. The minimum atomic E-state index is -0.179. The third kappa shape index (κ3) is 2.54. The number of carbonyl (C=O) groups excluding carboxylic acids is 1. The predicted molar refractivity (Wildman–Crippen MR) is 78.6 cm³/mol. The molecule has 2 amide bonds. The molecule has 1 aliphatic heterocycles. The van der Waals surface area contributed by atoms with Gasteiger partial charge in [0.25, 0.3) is 0 Å². The van der Waals surface area contributed by atoms with E-state index in [0.717, 1.165) is 11.5 Å². The molecule has 1 aliphatic carbocycles. The van der Waals surface area contributed by atoms with E-state index in [1.807, 2.05) is 19.3 Å². The van der Waals surface area contributed by atoms with Crippen LogP contribution in [-0.2, 0) is 0 Å². The minimum Gasteiger partial charge on any atom is -0.338 e. The third-order valence-corrected chi connectivity index (χ3v) is 4.13. The SMILES string of the molecule is Cc1cc(NC(=O)N2CC(c3ncc(C4CC4)cn3)C2)on1. The Morgan fingerprint density at radius 3 is 2.59 bits per heavy atom. The van der Waals surface area contributed by atoms with Crippen molar-refractivity contribution in [1.82, 2.24) is 20.0 Å². The molecule has 114 valence electrons. The fourth-order valence-corrected chi connectivity index (χ4v) is 2.60. The summed E-state index contributed by atoms with van der Waals surface area (Å²) in [5, 5.41) is 6.42. The highest BCUT2D eigenvalue weighted by Crippen LogP contribution is 2.39. The lowest BCUT2D eigenvalue weighted by atomic mass is 9.99. The summed E-state index contributed by atoms with van der Waals surface area (Å²) in [5.74, 6) is 2.08. The first kappa shape index (κ1) is 13.2. The molecule has 0 aromatic carbocycles. The van der Waals surface area contributed by atoms with Gasteiger partial charge in [0.1, 0.15) is 5.82 Å². The first-order chi connectivity index (χ1) is 10.7. The van der Waals surface area contributed by atoms with Crippen molar-refractivity contribution < 1.29 is 9.32 Å². The number of amides is 2. The highest BCUT2D eigenvalue weighted by atomic mass is 16.5. The molecule has 1 N–H and O–H groups in total. The number of aryl methyl sites for hydroxylation is 1. The summed E-state index contributed by atoms with van der Waals surface area (Å²) in [6.07, 6.45) is 6.36. The molecule has 2 aromatic rings. The van der Waals surface area contributed by atoms with Crippen molar-refractivity contribution in [3.63, 3.8) is 0 Å². The van der Waals surface area contributed by atoms with Crippen LogP contribution in [0.5, 0.6) is 0 Å². The summed E-state index contributed by atoms with van der Waals surface area (Å²) in [7, 11) is 0. The fourth-order valence-electron chi connectivity index (χ4n) is 2.60. The second-order valence-corrected chi connectivity index (χ2v) is 6.01. The number of nitrogens with zero attached hydrogens (tertiary/aromatic N) is 4. The molecular formula is C15H17N5O2. The maximum Gasteiger partial charge on any atom is 0.324 e. The van der Waals surface area contributed by atoms with E-state index in [-0.39, 0.29) is 11.9 Å². The number of carbonyl (C=O) groups is 1.